The molecule has 0 radical (unpaired) electrons. The van der Waals surface area contributed by atoms with Crippen LogP contribution in [0.25, 0.3) is 11.3 Å². The van der Waals surface area contributed by atoms with Crippen LogP contribution in [-0.4, -0.2) is 13.4 Å². The van der Waals surface area contributed by atoms with Crippen molar-refractivity contribution in [2.75, 3.05) is 0 Å². The lowest BCUT2D eigenvalue weighted by Crippen LogP contribution is -1.90. The van der Waals surface area contributed by atoms with E-state index in [1.165, 1.54) is 0 Å². The molecule has 1 aromatic heterocycles. The molecule has 0 bridgehead atoms. The van der Waals surface area contributed by atoms with Crippen molar-refractivity contribution in [1.82, 2.24) is 4.98 Å². The molecular weight excluding hydrogens is 289 g/mol. The molecule has 1 heterocycles. The summed E-state index contributed by atoms with van der Waals surface area (Å²) in [5, 5.41) is 0. The zero-order valence-corrected chi connectivity index (χ0v) is 10.9. The summed E-state index contributed by atoms with van der Waals surface area (Å²) < 4.78 is 22.8. The summed E-state index contributed by atoms with van der Waals surface area (Å²) in [5.74, 6) is 0. The second-order valence-corrected chi connectivity index (χ2v) is 7.25. The fourth-order valence-electron chi connectivity index (χ4n) is 1.22. The standard InChI is InChI=1S/C9H5Cl2NO2S2/c10-9-12-7(6-4-2-1-3-5-6)8(15-9)16(11,13)14/h1-5H. The highest BCUT2D eigenvalue weighted by atomic mass is 35.7. The molecular formula is C9H5Cl2NO2S2. The normalized spacial score (nSPS) is 11.6. The average molecular weight is 294 g/mol. The number of hydrogen-bond donors (Lipinski definition) is 0. The van der Waals surface area contributed by atoms with Crippen LogP contribution < -0.4 is 0 Å². The van der Waals surface area contributed by atoms with Crippen LogP contribution in [0.3, 0.4) is 0 Å². The monoisotopic (exact) mass is 293 g/mol. The Balaban J connectivity index is 2.67. The van der Waals surface area contributed by atoms with Crippen LogP contribution in [0.1, 0.15) is 0 Å². The molecule has 1 aromatic carbocycles. The average Bonchev–Trinajstić information content (AvgIpc) is 2.61. The van der Waals surface area contributed by atoms with Gasteiger partial charge in [0.1, 0.15) is 5.69 Å². The van der Waals surface area contributed by atoms with Crippen LogP contribution >= 0.6 is 33.6 Å². The molecule has 2 aromatic rings. The van der Waals surface area contributed by atoms with Gasteiger partial charge in [0.15, 0.2) is 8.68 Å². The van der Waals surface area contributed by atoms with E-state index in [-0.39, 0.29) is 8.68 Å². The molecule has 0 aliphatic heterocycles. The van der Waals surface area contributed by atoms with E-state index >= 15 is 0 Å². The topological polar surface area (TPSA) is 47.0 Å². The Hall–Kier alpha value is -0.620. The smallest absolute Gasteiger partial charge is 0.223 e. The number of thiazole rings is 1. The van der Waals surface area contributed by atoms with Crippen molar-refractivity contribution >= 4 is 42.7 Å². The third-order valence-electron chi connectivity index (χ3n) is 1.84. The van der Waals surface area contributed by atoms with Gasteiger partial charge in [-0.2, -0.15) is 0 Å². The highest BCUT2D eigenvalue weighted by Crippen LogP contribution is 2.35. The lowest BCUT2D eigenvalue weighted by atomic mass is 10.2. The van der Waals surface area contributed by atoms with E-state index in [9.17, 15) is 8.42 Å². The lowest BCUT2D eigenvalue weighted by molar-refractivity contribution is 0.611. The van der Waals surface area contributed by atoms with Crippen molar-refractivity contribution in [1.29, 1.82) is 0 Å². The van der Waals surface area contributed by atoms with E-state index < -0.39 is 9.05 Å². The quantitative estimate of drug-likeness (QED) is 0.798. The maximum atomic E-state index is 11.3. The molecule has 7 heteroatoms. The van der Waals surface area contributed by atoms with E-state index in [0.29, 0.717) is 11.3 Å². The van der Waals surface area contributed by atoms with Gasteiger partial charge in [0, 0.05) is 16.2 Å². The van der Waals surface area contributed by atoms with Crippen LogP contribution in [-0.2, 0) is 9.05 Å². The minimum atomic E-state index is -3.82. The molecule has 84 valence electrons. The van der Waals surface area contributed by atoms with E-state index in [4.69, 9.17) is 22.3 Å². The largest absolute Gasteiger partial charge is 0.273 e. The Morgan fingerprint density at radius 3 is 2.38 bits per heavy atom. The second-order valence-electron chi connectivity index (χ2n) is 2.91. The maximum absolute atomic E-state index is 11.3. The molecule has 3 nitrogen and oxygen atoms in total. The van der Waals surface area contributed by atoms with Crippen LogP contribution in [0.2, 0.25) is 4.47 Å². The summed E-state index contributed by atoms with van der Waals surface area (Å²) in [6.07, 6.45) is 0. The number of nitrogens with zero attached hydrogens (tertiary/aromatic N) is 1. The third-order valence-corrected chi connectivity index (χ3v) is 5.07. The number of aromatic nitrogens is 1. The van der Waals surface area contributed by atoms with Gasteiger partial charge in [-0.15, -0.1) is 0 Å². The van der Waals surface area contributed by atoms with Crippen LogP contribution in [0.15, 0.2) is 34.5 Å². The van der Waals surface area contributed by atoms with Gasteiger partial charge in [0.25, 0.3) is 9.05 Å². The van der Waals surface area contributed by atoms with Gasteiger partial charge in [0.2, 0.25) is 0 Å². The molecule has 0 amide bonds. The van der Waals surface area contributed by atoms with Gasteiger partial charge < -0.3 is 0 Å². The summed E-state index contributed by atoms with van der Waals surface area (Å²) in [4.78, 5) is 3.97. The highest BCUT2D eigenvalue weighted by Gasteiger charge is 2.22. The summed E-state index contributed by atoms with van der Waals surface area (Å²) in [6.45, 7) is 0. The first-order valence-corrected chi connectivity index (χ1v) is 7.65. The van der Waals surface area contributed by atoms with E-state index in [0.717, 1.165) is 11.3 Å². The SMILES string of the molecule is O=S(=O)(Cl)c1sc(Cl)nc1-c1ccccc1. The minimum absolute atomic E-state index is 0.0228. The third kappa shape index (κ3) is 2.38. The van der Waals surface area contributed by atoms with Crippen molar-refractivity contribution in [2.45, 2.75) is 4.21 Å². The first-order valence-electron chi connectivity index (χ1n) is 4.15. The molecule has 0 fully saturated rings. The van der Waals surface area contributed by atoms with Crippen molar-refractivity contribution in [3.05, 3.63) is 34.8 Å². The Morgan fingerprint density at radius 2 is 1.81 bits per heavy atom. The van der Waals surface area contributed by atoms with E-state index in [2.05, 4.69) is 4.98 Å². The molecule has 0 aliphatic carbocycles. The van der Waals surface area contributed by atoms with Crippen molar-refractivity contribution < 1.29 is 8.42 Å². The summed E-state index contributed by atoms with van der Waals surface area (Å²) in [6, 6.07) is 8.89. The number of rotatable bonds is 2. The summed E-state index contributed by atoms with van der Waals surface area (Å²) in [7, 11) is 1.49. The molecule has 0 N–H and O–H groups in total. The fourth-order valence-corrected chi connectivity index (χ4v) is 3.76. The zero-order valence-electron chi connectivity index (χ0n) is 7.72. The first-order chi connectivity index (χ1) is 7.48. The van der Waals surface area contributed by atoms with Crippen molar-refractivity contribution in [2.24, 2.45) is 0 Å². The predicted octanol–water partition coefficient (Wildman–Crippen LogP) is 3.39. The zero-order chi connectivity index (χ0) is 11.8. The molecule has 0 saturated carbocycles. The highest BCUT2D eigenvalue weighted by molar-refractivity contribution is 8.15. The Kier molecular flexibility index (Phi) is 3.21. The van der Waals surface area contributed by atoms with Crippen molar-refractivity contribution in [3.8, 4) is 11.3 Å². The Labute approximate surface area is 106 Å². The van der Waals surface area contributed by atoms with E-state index in [1.807, 2.05) is 6.07 Å². The number of halogens is 2. The van der Waals surface area contributed by atoms with Gasteiger partial charge in [-0.3, -0.25) is 0 Å². The number of hydrogen-bond acceptors (Lipinski definition) is 4. The second kappa shape index (κ2) is 4.33. The van der Waals surface area contributed by atoms with Gasteiger partial charge in [-0.05, 0) is 0 Å². The predicted molar refractivity (Wildman–Crippen MR) is 65.6 cm³/mol. The fraction of sp³-hybridized carbons (Fsp3) is 0. The first kappa shape index (κ1) is 11.9. The number of benzene rings is 1. The van der Waals surface area contributed by atoms with E-state index in [1.54, 1.807) is 24.3 Å². The van der Waals surface area contributed by atoms with Gasteiger partial charge in [-0.25, -0.2) is 13.4 Å². The molecule has 0 unspecified atom stereocenters. The maximum Gasteiger partial charge on any atom is 0.273 e. The molecule has 0 aliphatic rings. The summed E-state index contributed by atoms with van der Waals surface area (Å²) in [5.41, 5.74) is 0.968. The molecule has 0 spiro atoms. The van der Waals surface area contributed by atoms with Gasteiger partial charge in [0.05, 0.1) is 0 Å². The molecule has 2 rings (SSSR count). The van der Waals surface area contributed by atoms with Gasteiger partial charge in [-0.1, -0.05) is 53.3 Å². The van der Waals surface area contributed by atoms with Crippen LogP contribution in [0.5, 0.6) is 0 Å². The minimum Gasteiger partial charge on any atom is -0.223 e. The Bertz CT molecular complexity index is 608. The lowest BCUT2D eigenvalue weighted by Gasteiger charge is -1.98. The molecule has 0 atom stereocenters. The summed E-state index contributed by atoms with van der Waals surface area (Å²) >= 11 is 6.56. The molecule has 0 saturated heterocycles. The Morgan fingerprint density at radius 1 is 1.19 bits per heavy atom. The van der Waals surface area contributed by atoms with Crippen LogP contribution in [0.4, 0.5) is 0 Å². The molecule has 16 heavy (non-hydrogen) atoms. The van der Waals surface area contributed by atoms with Crippen molar-refractivity contribution in [3.63, 3.8) is 0 Å². The van der Waals surface area contributed by atoms with Crippen LogP contribution in [0, 0.1) is 0 Å². The van der Waals surface area contributed by atoms with Gasteiger partial charge >= 0.3 is 0 Å².